The number of benzene rings is 2. The highest BCUT2D eigenvalue weighted by atomic mass is 19.1. The van der Waals surface area contributed by atoms with E-state index in [2.05, 4.69) is 25.1 Å². The lowest BCUT2D eigenvalue weighted by molar-refractivity contribution is 0.305. The van der Waals surface area contributed by atoms with Gasteiger partial charge in [-0.2, -0.15) is 5.10 Å². The minimum absolute atomic E-state index is 0.276. The van der Waals surface area contributed by atoms with Gasteiger partial charge in [-0.25, -0.2) is 9.37 Å². The van der Waals surface area contributed by atoms with Crippen LogP contribution in [0.25, 0.3) is 55.7 Å². The van der Waals surface area contributed by atoms with Crippen molar-refractivity contribution in [2.24, 2.45) is 0 Å². The molecular formula is C32H23FN6O. The molecule has 0 spiro atoms. The van der Waals surface area contributed by atoms with Gasteiger partial charge in [0.15, 0.2) is 0 Å². The number of pyridine rings is 3. The quantitative estimate of drug-likeness (QED) is 0.238. The Labute approximate surface area is 228 Å². The largest absolute Gasteiger partial charge is 0.487 e. The van der Waals surface area contributed by atoms with E-state index in [-0.39, 0.29) is 5.82 Å². The second kappa shape index (κ2) is 9.74. The Bertz CT molecular complexity index is 1980. The average molecular weight is 527 g/mol. The van der Waals surface area contributed by atoms with Crippen LogP contribution in [0.2, 0.25) is 0 Å². The normalized spacial score (nSPS) is 11.3. The van der Waals surface area contributed by atoms with Crippen molar-refractivity contribution in [1.29, 1.82) is 0 Å². The van der Waals surface area contributed by atoms with Gasteiger partial charge >= 0.3 is 0 Å². The number of nitrogens with one attached hydrogen (secondary N) is 2. The number of halogens is 1. The van der Waals surface area contributed by atoms with Gasteiger partial charge in [0, 0.05) is 28.9 Å². The Kier molecular flexibility index (Phi) is 5.78. The molecule has 7 aromatic rings. The SMILES string of the molecule is Cc1cc(F)cc(-c2cncc3[nH]c(-c4n[nH]c5ccc(-c6cncc(OCc7ccccc7)c6)nc45)cc23)c1. The monoisotopic (exact) mass is 526 g/mol. The van der Waals surface area contributed by atoms with Crippen LogP contribution in [-0.2, 0) is 6.61 Å². The molecule has 0 aliphatic carbocycles. The Morgan fingerprint density at radius 2 is 1.70 bits per heavy atom. The van der Waals surface area contributed by atoms with Gasteiger partial charge in [-0.15, -0.1) is 0 Å². The van der Waals surface area contributed by atoms with Crippen molar-refractivity contribution < 1.29 is 9.13 Å². The van der Waals surface area contributed by atoms with Crippen molar-refractivity contribution >= 4 is 21.9 Å². The molecule has 2 aromatic carbocycles. The third-order valence-electron chi connectivity index (χ3n) is 6.82. The minimum atomic E-state index is -0.276. The maximum Gasteiger partial charge on any atom is 0.138 e. The zero-order valence-electron chi connectivity index (χ0n) is 21.5. The van der Waals surface area contributed by atoms with Gasteiger partial charge in [-0.05, 0) is 60.0 Å². The summed E-state index contributed by atoms with van der Waals surface area (Å²) in [6.45, 7) is 2.33. The molecule has 7 rings (SSSR count). The highest BCUT2D eigenvalue weighted by molar-refractivity contribution is 6.00. The fourth-order valence-corrected chi connectivity index (χ4v) is 4.93. The summed E-state index contributed by atoms with van der Waals surface area (Å²) in [6, 6.07) is 22.8. The molecule has 0 aliphatic heterocycles. The molecule has 194 valence electrons. The van der Waals surface area contributed by atoms with E-state index in [1.54, 1.807) is 24.8 Å². The van der Waals surface area contributed by atoms with E-state index in [1.807, 2.05) is 67.6 Å². The number of hydrogen-bond donors (Lipinski definition) is 2. The van der Waals surface area contributed by atoms with Gasteiger partial charge in [0.05, 0.1) is 34.8 Å². The first-order valence-corrected chi connectivity index (χ1v) is 12.8. The zero-order valence-corrected chi connectivity index (χ0v) is 21.5. The fraction of sp³-hybridized carbons (Fsp3) is 0.0625. The molecular weight excluding hydrogens is 503 g/mol. The van der Waals surface area contributed by atoms with Crippen molar-refractivity contribution in [3.05, 3.63) is 115 Å². The molecule has 0 saturated carbocycles. The maximum atomic E-state index is 14.2. The fourth-order valence-electron chi connectivity index (χ4n) is 4.93. The van der Waals surface area contributed by atoms with E-state index in [4.69, 9.17) is 9.72 Å². The molecule has 0 amide bonds. The first-order valence-electron chi connectivity index (χ1n) is 12.8. The molecule has 7 nitrogen and oxygen atoms in total. The lowest BCUT2D eigenvalue weighted by Gasteiger charge is -2.08. The van der Waals surface area contributed by atoms with E-state index >= 15 is 0 Å². The number of rotatable bonds is 6. The third kappa shape index (κ3) is 4.45. The molecule has 5 aromatic heterocycles. The number of H-pyrrole nitrogens is 2. The average Bonchev–Trinajstić information content (AvgIpc) is 3.60. The van der Waals surface area contributed by atoms with Gasteiger partial charge in [0.25, 0.3) is 0 Å². The Balaban J connectivity index is 1.25. The van der Waals surface area contributed by atoms with Gasteiger partial charge < -0.3 is 9.72 Å². The topological polar surface area (TPSA) is 92.4 Å². The zero-order chi connectivity index (χ0) is 27.1. The highest BCUT2D eigenvalue weighted by Crippen LogP contribution is 2.34. The molecule has 0 atom stereocenters. The van der Waals surface area contributed by atoms with Crippen LogP contribution in [0, 0.1) is 12.7 Å². The van der Waals surface area contributed by atoms with Crippen LogP contribution in [0.4, 0.5) is 4.39 Å². The summed E-state index contributed by atoms with van der Waals surface area (Å²) in [4.78, 5) is 17.1. The molecule has 0 bridgehead atoms. The van der Waals surface area contributed by atoms with Crippen molar-refractivity contribution in [1.82, 2.24) is 30.1 Å². The van der Waals surface area contributed by atoms with Crippen LogP contribution in [0.15, 0.2) is 97.6 Å². The third-order valence-corrected chi connectivity index (χ3v) is 6.82. The summed E-state index contributed by atoms with van der Waals surface area (Å²) in [6.07, 6.45) is 6.98. The maximum absolute atomic E-state index is 14.2. The molecule has 0 fully saturated rings. The van der Waals surface area contributed by atoms with E-state index in [9.17, 15) is 4.39 Å². The molecule has 5 heterocycles. The first-order chi connectivity index (χ1) is 19.6. The Morgan fingerprint density at radius 3 is 2.58 bits per heavy atom. The summed E-state index contributed by atoms with van der Waals surface area (Å²) >= 11 is 0. The Hall–Kier alpha value is -5.37. The van der Waals surface area contributed by atoms with E-state index < -0.39 is 0 Å². The number of ether oxygens (including phenoxy) is 1. The van der Waals surface area contributed by atoms with Crippen LogP contribution >= 0.6 is 0 Å². The van der Waals surface area contributed by atoms with Crippen molar-refractivity contribution in [2.45, 2.75) is 13.5 Å². The second-order valence-electron chi connectivity index (χ2n) is 9.70. The predicted octanol–water partition coefficient (Wildman–Crippen LogP) is 7.26. The van der Waals surface area contributed by atoms with Gasteiger partial charge in [0.1, 0.15) is 29.4 Å². The van der Waals surface area contributed by atoms with Crippen LogP contribution in [0.5, 0.6) is 5.75 Å². The number of aryl methyl sites for hydroxylation is 1. The molecule has 0 radical (unpaired) electrons. The van der Waals surface area contributed by atoms with Gasteiger partial charge in [-0.1, -0.05) is 36.4 Å². The molecule has 2 N–H and O–H groups in total. The smallest absolute Gasteiger partial charge is 0.138 e. The van der Waals surface area contributed by atoms with E-state index in [0.717, 1.165) is 61.1 Å². The molecule has 0 unspecified atom stereocenters. The molecule has 0 saturated heterocycles. The molecule has 0 aliphatic rings. The summed E-state index contributed by atoms with van der Waals surface area (Å²) in [5, 5.41) is 8.58. The van der Waals surface area contributed by atoms with Gasteiger partial charge in [0.2, 0.25) is 0 Å². The second-order valence-corrected chi connectivity index (χ2v) is 9.70. The Morgan fingerprint density at radius 1 is 0.825 bits per heavy atom. The lowest BCUT2D eigenvalue weighted by Crippen LogP contribution is -1.96. The summed E-state index contributed by atoms with van der Waals surface area (Å²) in [5.74, 6) is 0.390. The number of aromatic amines is 2. The summed E-state index contributed by atoms with van der Waals surface area (Å²) < 4.78 is 20.2. The van der Waals surface area contributed by atoms with Gasteiger partial charge in [-0.3, -0.25) is 15.1 Å². The minimum Gasteiger partial charge on any atom is -0.487 e. The van der Waals surface area contributed by atoms with E-state index in [0.29, 0.717) is 18.1 Å². The highest BCUT2D eigenvalue weighted by Gasteiger charge is 2.16. The first kappa shape index (κ1) is 23.7. The standard InChI is InChI=1S/C32H23FN6O/c1-19-9-21(11-23(33)10-19)26-16-35-17-30-25(26)13-29(36-30)32-31-28(38-39-32)8-7-27(37-31)22-12-24(15-34-14-22)40-18-20-5-3-2-4-6-20/h2-17,36H,18H2,1H3,(H,38,39). The molecule has 40 heavy (non-hydrogen) atoms. The number of nitrogens with zero attached hydrogens (tertiary/aromatic N) is 4. The van der Waals surface area contributed by atoms with Crippen molar-refractivity contribution in [2.75, 3.05) is 0 Å². The number of aromatic nitrogens is 6. The summed E-state index contributed by atoms with van der Waals surface area (Å²) in [5.41, 5.74) is 8.95. The van der Waals surface area contributed by atoms with Crippen molar-refractivity contribution in [3.8, 4) is 39.5 Å². The molecule has 8 heteroatoms. The number of hydrogen-bond acceptors (Lipinski definition) is 5. The number of fused-ring (bicyclic) bond motifs is 2. The lowest BCUT2D eigenvalue weighted by atomic mass is 10.0. The predicted molar refractivity (Wildman–Crippen MR) is 153 cm³/mol. The van der Waals surface area contributed by atoms with Crippen LogP contribution in [0.1, 0.15) is 11.1 Å². The van der Waals surface area contributed by atoms with Crippen LogP contribution in [-0.4, -0.2) is 30.1 Å². The van der Waals surface area contributed by atoms with Crippen LogP contribution in [0.3, 0.4) is 0 Å². The van der Waals surface area contributed by atoms with Crippen molar-refractivity contribution in [3.63, 3.8) is 0 Å². The summed E-state index contributed by atoms with van der Waals surface area (Å²) in [7, 11) is 0. The van der Waals surface area contributed by atoms with E-state index in [1.165, 1.54) is 12.1 Å². The van der Waals surface area contributed by atoms with Crippen LogP contribution < -0.4 is 4.74 Å².